The summed E-state index contributed by atoms with van der Waals surface area (Å²) in [6, 6.07) is 6.13. The van der Waals surface area contributed by atoms with Gasteiger partial charge in [0.25, 0.3) is 0 Å². The quantitative estimate of drug-likeness (QED) is 0.914. The van der Waals surface area contributed by atoms with Crippen molar-refractivity contribution in [1.82, 2.24) is 19.7 Å². The van der Waals surface area contributed by atoms with Crippen molar-refractivity contribution < 1.29 is 4.79 Å². The van der Waals surface area contributed by atoms with E-state index in [-0.39, 0.29) is 6.03 Å². The molecule has 2 saturated carbocycles. The summed E-state index contributed by atoms with van der Waals surface area (Å²) in [7, 11) is 0. The fourth-order valence-electron chi connectivity index (χ4n) is 5.23. The minimum Gasteiger partial charge on any atom is -0.321 e. The Labute approximate surface area is 147 Å². The maximum atomic E-state index is 12.9. The van der Waals surface area contributed by atoms with Crippen LogP contribution in [0.4, 0.5) is 10.5 Å². The second-order valence-corrected chi connectivity index (χ2v) is 7.87. The zero-order chi connectivity index (χ0) is 16.8. The van der Waals surface area contributed by atoms with Crippen LogP contribution >= 0.6 is 0 Å². The zero-order valence-corrected chi connectivity index (χ0v) is 14.2. The Bertz CT molecular complexity index is 759. The van der Waals surface area contributed by atoms with Gasteiger partial charge in [-0.15, -0.1) is 0 Å². The molecule has 2 saturated heterocycles. The summed E-state index contributed by atoms with van der Waals surface area (Å²) in [5.41, 5.74) is 0.722. The first-order valence-electron chi connectivity index (χ1n) is 9.28. The number of carbonyl (C=O) groups excluding carboxylic acids is 1. The molecule has 130 valence electrons. The smallest absolute Gasteiger partial charge is 0.321 e. The normalized spacial score (nSPS) is 30.3. The van der Waals surface area contributed by atoms with Crippen molar-refractivity contribution in [1.29, 1.82) is 0 Å². The third-order valence-corrected chi connectivity index (χ3v) is 6.09. The maximum absolute atomic E-state index is 12.9. The Morgan fingerprint density at radius 1 is 1.08 bits per heavy atom. The Balaban J connectivity index is 1.31. The van der Waals surface area contributed by atoms with Crippen LogP contribution in [0.5, 0.6) is 0 Å². The van der Waals surface area contributed by atoms with Crippen molar-refractivity contribution in [2.24, 2.45) is 17.8 Å². The first kappa shape index (κ1) is 14.9. The predicted molar refractivity (Wildman–Crippen MR) is 94.4 cm³/mol. The number of carbonyl (C=O) groups is 1. The van der Waals surface area contributed by atoms with E-state index < -0.39 is 0 Å². The minimum atomic E-state index is 0.0266. The number of hydrogen-bond acceptors (Lipinski definition) is 3. The number of nitrogens with one attached hydrogen (secondary N) is 1. The van der Waals surface area contributed by atoms with E-state index in [1.807, 2.05) is 24.4 Å². The first-order valence-corrected chi connectivity index (χ1v) is 9.28. The van der Waals surface area contributed by atoms with Crippen LogP contribution < -0.4 is 5.32 Å². The summed E-state index contributed by atoms with van der Waals surface area (Å²) in [6.45, 7) is 0.915. The number of fused-ring (bicyclic) bond motifs is 1. The number of pyridine rings is 1. The monoisotopic (exact) mass is 337 g/mol. The Morgan fingerprint density at radius 3 is 2.64 bits per heavy atom. The van der Waals surface area contributed by atoms with Crippen molar-refractivity contribution in [2.75, 3.05) is 11.9 Å². The third-order valence-electron chi connectivity index (χ3n) is 6.09. The molecule has 0 radical (unpaired) electrons. The second-order valence-electron chi connectivity index (χ2n) is 7.87. The molecular weight excluding hydrogens is 314 g/mol. The highest BCUT2D eigenvalue weighted by molar-refractivity contribution is 5.89. The molecule has 2 amide bonds. The standard InChI is InChI=1S/C19H23N5O/c25-19(22-16-10-21-24(12-16)18-3-1-2-4-20-18)23-11-15-6-13-5-14(7-15)9-17(23)8-13/h1-4,10,12-15,17H,5-9,11H2,(H,22,25). The number of urea groups is 1. The molecule has 2 aliphatic carbocycles. The van der Waals surface area contributed by atoms with Gasteiger partial charge in [-0.05, 0) is 62.0 Å². The topological polar surface area (TPSA) is 63.1 Å². The van der Waals surface area contributed by atoms with Crippen LogP contribution in [0.25, 0.3) is 5.82 Å². The summed E-state index contributed by atoms with van der Waals surface area (Å²) in [5, 5.41) is 7.36. The highest BCUT2D eigenvalue weighted by Gasteiger charge is 2.44. The van der Waals surface area contributed by atoms with Gasteiger partial charge in [0.05, 0.1) is 18.1 Å². The summed E-state index contributed by atoms with van der Waals surface area (Å²) in [4.78, 5) is 19.3. The number of aromatic nitrogens is 3. The Morgan fingerprint density at radius 2 is 1.88 bits per heavy atom. The lowest BCUT2D eigenvalue weighted by Gasteiger charge is -2.38. The molecule has 0 aromatic carbocycles. The van der Waals surface area contributed by atoms with Gasteiger partial charge in [0.2, 0.25) is 0 Å². The lowest BCUT2D eigenvalue weighted by molar-refractivity contribution is 0.136. The van der Waals surface area contributed by atoms with Crippen molar-refractivity contribution >= 4 is 11.7 Å². The molecule has 2 unspecified atom stereocenters. The minimum absolute atomic E-state index is 0.0266. The van der Waals surface area contributed by atoms with Gasteiger partial charge in [0, 0.05) is 18.8 Å². The molecule has 4 heterocycles. The maximum Gasteiger partial charge on any atom is 0.322 e. The van der Waals surface area contributed by atoms with Gasteiger partial charge in [-0.1, -0.05) is 6.07 Å². The average Bonchev–Trinajstić information content (AvgIpc) is 2.98. The van der Waals surface area contributed by atoms with Crippen LogP contribution in [0.15, 0.2) is 36.8 Å². The Kier molecular flexibility index (Phi) is 3.50. The summed E-state index contributed by atoms with van der Waals surface area (Å²) >= 11 is 0. The van der Waals surface area contributed by atoms with Gasteiger partial charge < -0.3 is 10.2 Å². The number of nitrogens with zero attached hydrogens (tertiary/aromatic N) is 4. The van der Waals surface area contributed by atoms with Gasteiger partial charge in [0.1, 0.15) is 0 Å². The summed E-state index contributed by atoms with van der Waals surface area (Å²) in [5.74, 6) is 3.12. The second kappa shape index (κ2) is 5.86. The van der Waals surface area contributed by atoms with E-state index in [1.165, 1.54) is 32.1 Å². The zero-order valence-electron chi connectivity index (χ0n) is 14.2. The van der Waals surface area contributed by atoms with Crippen molar-refractivity contribution in [3.05, 3.63) is 36.8 Å². The molecule has 2 aromatic heterocycles. The number of anilines is 1. The van der Waals surface area contributed by atoms with Gasteiger partial charge in [0.15, 0.2) is 5.82 Å². The van der Waals surface area contributed by atoms with E-state index in [1.54, 1.807) is 17.1 Å². The molecular formula is C19H23N5O. The lowest BCUT2D eigenvalue weighted by atomic mass is 9.68. The molecule has 6 heteroatoms. The largest absolute Gasteiger partial charge is 0.322 e. The molecule has 4 aliphatic rings. The molecule has 0 spiro atoms. The van der Waals surface area contributed by atoms with E-state index >= 15 is 0 Å². The van der Waals surface area contributed by atoms with Crippen molar-refractivity contribution in [3.8, 4) is 5.82 Å². The molecule has 2 atom stereocenters. The fraction of sp³-hybridized carbons (Fsp3) is 0.526. The van der Waals surface area contributed by atoms with E-state index in [2.05, 4.69) is 20.3 Å². The van der Waals surface area contributed by atoms with E-state index in [9.17, 15) is 4.79 Å². The van der Waals surface area contributed by atoms with Gasteiger partial charge >= 0.3 is 6.03 Å². The molecule has 6 nitrogen and oxygen atoms in total. The third kappa shape index (κ3) is 2.79. The lowest BCUT2D eigenvalue weighted by Crippen LogP contribution is -2.44. The van der Waals surface area contributed by atoms with E-state index in [4.69, 9.17) is 0 Å². The highest BCUT2D eigenvalue weighted by atomic mass is 16.2. The Hall–Kier alpha value is -2.37. The fourth-order valence-corrected chi connectivity index (χ4v) is 5.23. The van der Waals surface area contributed by atoms with Gasteiger partial charge in [-0.3, -0.25) is 0 Å². The predicted octanol–water partition coefficient (Wildman–Crippen LogP) is 3.31. The van der Waals surface area contributed by atoms with Crippen molar-refractivity contribution in [2.45, 2.75) is 38.1 Å². The average molecular weight is 337 g/mol. The van der Waals surface area contributed by atoms with Crippen LogP contribution in [0.2, 0.25) is 0 Å². The first-order chi connectivity index (χ1) is 12.2. The molecule has 1 N–H and O–H groups in total. The van der Waals surface area contributed by atoms with Crippen LogP contribution in [-0.4, -0.2) is 38.3 Å². The summed E-state index contributed by atoms with van der Waals surface area (Å²) in [6.07, 6.45) is 11.6. The van der Waals surface area contributed by atoms with Gasteiger partial charge in [-0.2, -0.15) is 5.10 Å². The molecule has 6 rings (SSSR count). The molecule has 2 aromatic rings. The number of hydrogen-bond donors (Lipinski definition) is 1. The molecule has 2 aliphatic heterocycles. The van der Waals surface area contributed by atoms with Crippen LogP contribution in [0.3, 0.4) is 0 Å². The number of amides is 2. The van der Waals surface area contributed by atoms with E-state index in [0.717, 1.165) is 29.9 Å². The molecule has 4 bridgehead atoms. The molecule has 4 fully saturated rings. The van der Waals surface area contributed by atoms with Crippen LogP contribution in [0, 0.1) is 17.8 Å². The van der Waals surface area contributed by atoms with Crippen molar-refractivity contribution in [3.63, 3.8) is 0 Å². The number of rotatable bonds is 2. The van der Waals surface area contributed by atoms with E-state index in [0.29, 0.717) is 12.0 Å². The summed E-state index contributed by atoms with van der Waals surface area (Å²) < 4.78 is 1.69. The van der Waals surface area contributed by atoms with Crippen LogP contribution in [0.1, 0.15) is 32.1 Å². The van der Waals surface area contributed by atoms with Gasteiger partial charge in [-0.25, -0.2) is 14.5 Å². The highest BCUT2D eigenvalue weighted by Crippen LogP contribution is 2.47. The molecule has 25 heavy (non-hydrogen) atoms. The van der Waals surface area contributed by atoms with Crippen LogP contribution in [-0.2, 0) is 0 Å². The SMILES string of the molecule is O=C(Nc1cnn(-c2ccccn2)c1)N1CC2CC3CC(C2)CC1C3.